The van der Waals surface area contributed by atoms with Gasteiger partial charge in [-0.05, 0) is 38.4 Å². The van der Waals surface area contributed by atoms with E-state index < -0.39 is 24.3 Å². The summed E-state index contributed by atoms with van der Waals surface area (Å²) in [6.07, 6.45) is -1.24. The Morgan fingerprint density at radius 2 is 1.57 bits per heavy atom. The van der Waals surface area contributed by atoms with Crippen molar-refractivity contribution in [2.75, 3.05) is 38.1 Å². The summed E-state index contributed by atoms with van der Waals surface area (Å²) in [4.78, 5) is 53.0. The van der Waals surface area contributed by atoms with Gasteiger partial charge in [0.25, 0.3) is 0 Å². The van der Waals surface area contributed by atoms with Gasteiger partial charge in [-0.15, -0.1) is 0 Å². The van der Waals surface area contributed by atoms with Crippen molar-refractivity contribution in [2.45, 2.75) is 56.0 Å². The largest absolute Gasteiger partial charge is 0.490 e. The van der Waals surface area contributed by atoms with Gasteiger partial charge >= 0.3 is 30.3 Å². The van der Waals surface area contributed by atoms with E-state index in [-0.39, 0.29) is 17.5 Å². The van der Waals surface area contributed by atoms with Crippen LogP contribution in [0.15, 0.2) is 24.5 Å². The van der Waals surface area contributed by atoms with Gasteiger partial charge in [0.15, 0.2) is 0 Å². The highest BCUT2D eigenvalue weighted by Crippen LogP contribution is 2.33. The third-order valence-electron chi connectivity index (χ3n) is 6.68. The first-order chi connectivity index (χ1) is 18.5. The number of carbonyl (C=O) groups is 4. The first-order valence-corrected chi connectivity index (χ1v) is 12.0. The summed E-state index contributed by atoms with van der Waals surface area (Å²) in [6, 6.07) is 4.15. The summed E-state index contributed by atoms with van der Waals surface area (Å²) in [7, 11) is 2.00. The van der Waals surface area contributed by atoms with Crippen LogP contribution < -0.4 is 10.2 Å². The summed E-state index contributed by atoms with van der Waals surface area (Å²) in [5.74, 6) is -5.43. The fourth-order valence-corrected chi connectivity index (χ4v) is 4.51. The summed E-state index contributed by atoms with van der Waals surface area (Å²) < 4.78 is 63.5. The van der Waals surface area contributed by atoms with Gasteiger partial charge in [0.05, 0.1) is 24.0 Å². The van der Waals surface area contributed by atoms with Crippen LogP contribution in [-0.4, -0.2) is 106 Å². The molecule has 1 aromatic heterocycles. The quantitative estimate of drug-likeness (QED) is 0.450. The number of likely N-dealkylation sites (N-methyl/N-ethyl adjacent to an activating group) is 1. The molecule has 1 unspecified atom stereocenters. The molecule has 11 nitrogen and oxygen atoms in total. The third kappa shape index (κ3) is 8.96. The number of likely N-dealkylation sites (tertiary alicyclic amines) is 1. The number of pyridine rings is 1. The van der Waals surface area contributed by atoms with Crippen molar-refractivity contribution >= 4 is 29.6 Å². The van der Waals surface area contributed by atoms with E-state index in [2.05, 4.69) is 15.2 Å². The smallest absolute Gasteiger partial charge is 0.475 e. The number of rotatable bonds is 2. The molecule has 1 aliphatic carbocycles. The average molecular weight is 586 g/mol. The second-order valence-electron chi connectivity index (χ2n) is 9.48. The molecule has 1 spiro atoms. The van der Waals surface area contributed by atoms with Crippen LogP contribution in [0.5, 0.6) is 0 Å². The second-order valence-corrected chi connectivity index (χ2v) is 9.48. The number of carboxylic acid groups (broad SMARTS) is 2. The van der Waals surface area contributed by atoms with Crippen molar-refractivity contribution in [3.8, 4) is 0 Å². The fourth-order valence-electron chi connectivity index (χ4n) is 4.51. The number of nitrogens with one attached hydrogen (secondary N) is 1. The Hall–Kier alpha value is -3.63. The molecule has 3 heterocycles. The van der Waals surface area contributed by atoms with Gasteiger partial charge in [0.2, 0.25) is 5.91 Å². The van der Waals surface area contributed by atoms with Crippen molar-refractivity contribution in [1.82, 2.24) is 20.1 Å². The van der Waals surface area contributed by atoms with Crippen LogP contribution >= 0.6 is 0 Å². The zero-order chi connectivity index (χ0) is 30.3. The van der Waals surface area contributed by atoms with E-state index in [1.807, 2.05) is 29.0 Å². The lowest BCUT2D eigenvalue weighted by molar-refractivity contribution is -0.193. The third-order valence-corrected chi connectivity index (χ3v) is 6.68. The number of alkyl halides is 6. The molecule has 3 amide bonds. The van der Waals surface area contributed by atoms with E-state index in [4.69, 9.17) is 19.8 Å². The van der Waals surface area contributed by atoms with Crippen LogP contribution in [0.2, 0.25) is 0 Å². The number of aromatic nitrogens is 1. The number of carboxylic acids is 2. The maximum absolute atomic E-state index is 12.7. The number of nitrogens with zero attached hydrogens (tertiary/aromatic N) is 4. The Morgan fingerprint density at radius 1 is 1.02 bits per heavy atom. The molecule has 1 atom stereocenters. The van der Waals surface area contributed by atoms with Crippen LogP contribution in [0.25, 0.3) is 0 Å². The number of carbonyl (C=O) groups excluding carboxylic acids is 2. The Balaban J connectivity index is 0.000000333. The van der Waals surface area contributed by atoms with Gasteiger partial charge < -0.3 is 25.3 Å². The molecule has 1 aromatic rings. The zero-order valence-electron chi connectivity index (χ0n) is 21.3. The second kappa shape index (κ2) is 13.1. The lowest BCUT2D eigenvalue weighted by Gasteiger charge is -2.46. The Kier molecular flexibility index (Phi) is 10.7. The summed E-state index contributed by atoms with van der Waals surface area (Å²) in [6.45, 7) is 2.36. The predicted octanol–water partition coefficient (Wildman–Crippen LogP) is 2.72. The lowest BCUT2D eigenvalue weighted by Crippen LogP contribution is -2.64. The molecular weight excluding hydrogens is 556 g/mol. The van der Waals surface area contributed by atoms with Crippen molar-refractivity contribution in [3.63, 3.8) is 0 Å². The maximum Gasteiger partial charge on any atom is 0.490 e. The average Bonchev–Trinajstić information content (AvgIpc) is 3.53. The summed E-state index contributed by atoms with van der Waals surface area (Å²) in [5.41, 5.74) is 0.648. The minimum atomic E-state index is -5.08. The number of amides is 3. The monoisotopic (exact) mass is 585 g/mol. The molecule has 4 rings (SSSR count). The molecule has 0 radical (unpaired) electrons. The molecule has 2 saturated heterocycles. The SMILES string of the molecule is CN1CC(=O)N(c2cccnc2)CC12CCN(C(=O)NC1CCCC1)C2.O=C(O)C(F)(F)F.O=C(O)C(F)(F)F. The Labute approximate surface area is 224 Å². The van der Waals surface area contributed by atoms with Crippen LogP contribution in [-0.2, 0) is 14.4 Å². The van der Waals surface area contributed by atoms with E-state index >= 15 is 0 Å². The van der Waals surface area contributed by atoms with E-state index in [1.165, 1.54) is 12.8 Å². The molecule has 3 N–H and O–H groups in total. The van der Waals surface area contributed by atoms with E-state index in [0.29, 0.717) is 25.7 Å². The molecule has 2 aliphatic heterocycles. The number of urea groups is 1. The number of hydrogen-bond donors (Lipinski definition) is 3. The standard InChI is InChI=1S/C19H27N5O2.2C2HF3O2/c1-22-12-17(25)24(16-7-4-9-20-11-16)14-19(22)8-10-23(13-19)18(26)21-15-5-2-3-6-15;2*3-2(4,5)1(6)7/h4,7,9,11,15H,2-3,5-6,8,10,12-14H2,1H3,(H,21,26);2*(H,6,7). The molecule has 3 fully saturated rings. The molecule has 0 bridgehead atoms. The van der Waals surface area contributed by atoms with Crippen molar-refractivity contribution in [3.05, 3.63) is 24.5 Å². The Bertz CT molecular complexity index is 1030. The zero-order valence-corrected chi connectivity index (χ0v) is 21.3. The first-order valence-electron chi connectivity index (χ1n) is 12.0. The van der Waals surface area contributed by atoms with E-state index in [9.17, 15) is 35.9 Å². The Morgan fingerprint density at radius 3 is 2.05 bits per heavy atom. The van der Waals surface area contributed by atoms with Crippen LogP contribution in [0, 0.1) is 0 Å². The number of halogens is 6. The fraction of sp³-hybridized carbons (Fsp3) is 0.609. The van der Waals surface area contributed by atoms with Crippen molar-refractivity contribution in [2.24, 2.45) is 0 Å². The normalized spacial score (nSPS) is 21.8. The van der Waals surface area contributed by atoms with E-state index in [0.717, 1.165) is 31.5 Å². The molecule has 224 valence electrons. The molecule has 0 aromatic carbocycles. The van der Waals surface area contributed by atoms with Gasteiger partial charge in [0, 0.05) is 31.9 Å². The molecule has 3 aliphatic rings. The van der Waals surface area contributed by atoms with Gasteiger partial charge in [0.1, 0.15) is 0 Å². The lowest BCUT2D eigenvalue weighted by atomic mass is 9.92. The number of hydrogen-bond acceptors (Lipinski definition) is 6. The number of anilines is 1. The predicted molar refractivity (Wildman–Crippen MR) is 126 cm³/mol. The van der Waals surface area contributed by atoms with E-state index in [1.54, 1.807) is 12.4 Å². The van der Waals surface area contributed by atoms with Gasteiger partial charge in [-0.1, -0.05) is 12.8 Å². The number of aliphatic carboxylic acids is 2. The highest BCUT2D eigenvalue weighted by molar-refractivity contribution is 5.95. The van der Waals surface area contributed by atoms with Crippen molar-refractivity contribution in [1.29, 1.82) is 0 Å². The minimum absolute atomic E-state index is 0.0482. The minimum Gasteiger partial charge on any atom is -0.475 e. The maximum atomic E-state index is 12.7. The van der Waals surface area contributed by atoms with Gasteiger partial charge in [-0.25, -0.2) is 14.4 Å². The summed E-state index contributed by atoms with van der Waals surface area (Å²) in [5, 5.41) is 17.4. The molecule has 17 heteroatoms. The molecular formula is C23H29F6N5O6. The van der Waals surface area contributed by atoms with Gasteiger partial charge in [-0.3, -0.25) is 14.7 Å². The first kappa shape index (κ1) is 32.6. The highest BCUT2D eigenvalue weighted by Gasteiger charge is 2.49. The highest BCUT2D eigenvalue weighted by atomic mass is 19.4. The van der Waals surface area contributed by atoms with Crippen LogP contribution in [0.3, 0.4) is 0 Å². The number of piperazine rings is 1. The molecule has 1 saturated carbocycles. The topological polar surface area (TPSA) is 143 Å². The van der Waals surface area contributed by atoms with Crippen molar-refractivity contribution < 1.29 is 55.7 Å². The van der Waals surface area contributed by atoms with Crippen LogP contribution in [0.4, 0.5) is 36.8 Å². The van der Waals surface area contributed by atoms with Crippen LogP contribution in [0.1, 0.15) is 32.1 Å². The van der Waals surface area contributed by atoms with Gasteiger partial charge in [-0.2, -0.15) is 26.3 Å². The molecule has 40 heavy (non-hydrogen) atoms. The summed E-state index contributed by atoms with van der Waals surface area (Å²) >= 11 is 0.